The topological polar surface area (TPSA) is 32.8 Å². The second-order valence-corrected chi connectivity index (χ2v) is 8.87. The van der Waals surface area contributed by atoms with Gasteiger partial charge in [-0.2, -0.15) is 11.3 Å². The molecule has 0 unspecified atom stereocenters. The van der Waals surface area contributed by atoms with Gasteiger partial charge in [0.25, 0.3) is 0 Å². The number of benzene rings is 1. The predicted octanol–water partition coefficient (Wildman–Crippen LogP) is 3.39. The zero-order chi connectivity index (χ0) is 18.4. The van der Waals surface area contributed by atoms with Gasteiger partial charge >= 0.3 is 0 Å². The number of hydrogen-bond acceptors (Lipinski definition) is 4. The first-order valence-electron chi connectivity index (χ1n) is 9.93. The Labute approximate surface area is 164 Å². The van der Waals surface area contributed by atoms with E-state index in [0.29, 0.717) is 36.2 Å². The van der Waals surface area contributed by atoms with Crippen LogP contribution < -0.4 is 4.74 Å². The van der Waals surface area contributed by atoms with E-state index >= 15 is 0 Å². The molecule has 3 atom stereocenters. The van der Waals surface area contributed by atoms with Crippen molar-refractivity contribution in [3.05, 3.63) is 52.2 Å². The molecule has 6 rings (SSSR count). The lowest BCUT2D eigenvalue weighted by atomic mass is 9.75. The zero-order valence-electron chi connectivity index (χ0n) is 15.7. The fraction of sp³-hybridized carbons (Fsp3) is 0.500. The molecule has 0 spiro atoms. The Morgan fingerprint density at radius 1 is 1.15 bits per heavy atom. The zero-order valence-corrected chi connectivity index (χ0v) is 16.5. The highest BCUT2D eigenvalue weighted by atomic mass is 32.1. The highest BCUT2D eigenvalue weighted by molar-refractivity contribution is 7.08. The number of likely N-dealkylation sites (tertiary alicyclic amines) is 1. The highest BCUT2D eigenvalue weighted by Gasteiger charge is 2.54. The maximum Gasteiger partial charge on any atom is 0.227 e. The number of hydrogen-bond donors (Lipinski definition) is 0. The van der Waals surface area contributed by atoms with Crippen LogP contribution in [0.4, 0.5) is 0 Å². The SMILES string of the molecule is COc1ccc([C@@H]2CN(C(=O)Cc3ccsc3)[C@@H]3C4CCN(CC4)[C@@H]32)cc1. The maximum atomic E-state index is 13.2. The number of ether oxygens (including phenoxy) is 1. The van der Waals surface area contributed by atoms with Crippen molar-refractivity contribution in [3.63, 3.8) is 0 Å². The summed E-state index contributed by atoms with van der Waals surface area (Å²) in [5, 5.41) is 4.16. The minimum absolute atomic E-state index is 0.299. The molecule has 4 fully saturated rings. The standard InChI is InChI=1S/C22H26N2O2S/c1-26-18-4-2-16(3-5-18)19-13-24(20(25)12-15-8-11-27-14-15)21-17-6-9-23(10-7-17)22(19)21/h2-5,8,11,14,17,19,21-22H,6-7,9-10,12-13H2,1H3/t19-,21+,22+/m0/s1. The third kappa shape index (κ3) is 2.97. The molecule has 4 aliphatic rings. The molecule has 142 valence electrons. The minimum atomic E-state index is 0.299. The Hall–Kier alpha value is -1.85. The summed E-state index contributed by atoms with van der Waals surface area (Å²) in [5.41, 5.74) is 2.49. The van der Waals surface area contributed by atoms with E-state index in [-0.39, 0.29) is 0 Å². The summed E-state index contributed by atoms with van der Waals surface area (Å²) in [6.07, 6.45) is 3.01. The summed E-state index contributed by atoms with van der Waals surface area (Å²) in [4.78, 5) is 18.1. The Balaban J connectivity index is 1.45. The quantitative estimate of drug-likeness (QED) is 0.813. The Kier molecular flexibility index (Phi) is 4.44. The Morgan fingerprint density at radius 2 is 1.93 bits per heavy atom. The van der Waals surface area contributed by atoms with Gasteiger partial charge in [0.1, 0.15) is 5.75 Å². The molecule has 2 bridgehead atoms. The van der Waals surface area contributed by atoms with E-state index < -0.39 is 0 Å². The largest absolute Gasteiger partial charge is 0.497 e. The molecule has 5 heteroatoms. The fourth-order valence-corrected chi connectivity index (χ4v) is 6.19. The van der Waals surface area contributed by atoms with E-state index in [1.165, 1.54) is 31.5 Å². The lowest BCUT2D eigenvalue weighted by Gasteiger charge is -2.51. The van der Waals surface area contributed by atoms with Crippen LogP contribution >= 0.6 is 11.3 Å². The molecule has 0 saturated carbocycles. The normalized spacial score (nSPS) is 31.7. The monoisotopic (exact) mass is 382 g/mol. The van der Waals surface area contributed by atoms with Crippen molar-refractivity contribution in [2.75, 3.05) is 26.7 Å². The van der Waals surface area contributed by atoms with Crippen LogP contribution in [-0.4, -0.2) is 54.5 Å². The summed E-state index contributed by atoms with van der Waals surface area (Å²) in [7, 11) is 1.71. The van der Waals surface area contributed by atoms with Crippen LogP contribution in [0.5, 0.6) is 5.75 Å². The lowest BCUT2D eigenvalue weighted by molar-refractivity contribution is -0.135. The molecule has 0 radical (unpaired) electrons. The Bertz CT molecular complexity index is 796. The van der Waals surface area contributed by atoms with Crippen LogP contribution in [0.15, 0.2) is 41.1 Å². The number of piperidine rings is 3. The molecule has 1 aromatic carbocycles. The van der Waals surface area contributed by atoms with Crippen molar-refractivity contribution in [1.82, 2.24) is 9.80 Å². The van der Waals surface area contributed by atoms with Crippen LogP contribution in [0.25, 0.3) is 0 Å². The first-order chi connectivity index (χ1) is 13.2. The second kappa shape index (κ2) is 6.95. The third-order valence-corrected chi connectivity index (χ3v) is 7.53. The number of rotatable bonds is 4. The van der Waals surface area contributed by atoms with Gasteiger partial charge in [-0.15, -0.1) is 0 Å². The van der Waals surface area contributed by atoms with Crippen molar-refractivity contribution in [1.29, 1.82) is 0 Å². The molecule has 4 nitrogen and oxygen atoms in total. The average Bonchev–Trinajstić information content (AvgIpc) is 3.38. The van der Waals surface area contributed by atoms with Crippen molar-refractivity contribution in [2.24, 2.45) is 5.92 Å². The summed E-state index contributed by atoms with van der Waals surface area (Å²) in [6.45, 7) is 3.22. The number of carbonyl (C=O) groups excluding carboxylic acids is 1. The van der Waals surface area contributed by atoms with Crippen LogP contribution in [0, 0.1) is 5.92 Å². The van der Waals surface area contributed by atoms with Gasteiger partial charge in [0.15, 0.2) is 0 Å². The van der Waals surface area contributed by atoms with E-state index in [2.05, 4.69) is 50.9 Å². The van der Waals surface area contributed by atoms with Crippen molar-refractivity contribution < 1.29 is 9.53 Å². The average molecular weight is 383 g/mol. The minimum Gasteiger partial charge on any atom is -0.497 e. The van der Waals surface area contributed by atoms with Gasteiger partial charge in [-0.1, -0.05) is 12.1 Å². The van der Waals surface area contributed by atoms with Gasteiger partial charge in [0, 0.05) is 18.5 Å². The van der Waals surface area contributed by atoms with E-state index in [1.807, 2.05) is 0 Å². The van der Waals surface area contributed by atoms with Gasteiger partial charge in [0.2, 0.25) is 5.91 Å². The van der Waals surface area contributed by atoms with Gasteiger partial charge < -0.3 is 9.64 Å². The molecule has 2 aromatic rings. The summed E-state index contributed by atoms with van der Waals surface area (Å²) >= 11 is 1.67. The lowest BCUT2D eigenvalue weighted by Crippen LogP contribution is -2.60. The number of nitrogens with zero attached hydrogens (tertiary/aromatic N) is 2. The smallest absolute Gasteiger partial charge is 0.227 e. The molecule has 0 N–H and O–H groups in total. The number of amides is 1. The van der Waals surface area contributed by atoms with Gasteiger partial charge in [-0.05, 0) is 71.9 Å². The number of methoxy groups -OCH3 is 1. The van der Waals surface area contributed by atoms with E-state index in [1.54, 1.807) is 18.4 Å². The predicted molar refractivity (Wildman–Crippen MR) is 107 cm³/mol. The van der Waals surface area contributed by atoms with E-state index in [0.717, 1.165) is 17.9 Å². The molecule has 1 amide bonds. The van der Waals surface area contributed by atoms with Crippen molar-refractivity contribution in [2.45, 2.75) is 37.3 Å². The molecule has 4 saturated heterocycles. The first kappa shape index (κ1) is 17.3. The summed E-state index contributed by atoms with van der Waals surface area (Å²) in [5.74, 6) is 2.25. The van der Waals surface area contributed by atoms with E-state index in [4.69, 9.17) is 4.74 Å². The van der Waals surface area contributed by atoms with Crippen LogP contribution in [0.1, 0.15) is 29.9 Å². The second-order valence-electron chi connectivity index (χ2n) is 8.09. The third-order valence-electron chi connectivity index (χ3n) is 6.79. The molecular formula is C22H26N2O2S. The molecular weight excluding hydrogens is 356 g/mol. The Morgan fingerprint density at radius 3 is 2.59 bits per heavy atom. The summed E-state index contributed by atoms with van der Waals surface area (Å²) in [6, 6.07) is 11.4. The first-order valence-corrected chi connectivity index (χ1v) is 10.9. The molecule has 1 aromatic heterocycles. The highest BCUT2D eigenvalue weighted by Crippen LogP contribution is 2.46. The molecule has 5 heterocycles. The van der Waals surface area contributed by atoms with Crippen LogP contribution in [-0.2, 0) is 11.2 Å². The number of thiophene rings is 1. The van der Waals surface area contributed by atoms with Crippen LogP contribution in [0.3, 0.4) is 0 Å². The fourth-order valence-electron chi connectivity index (χ4n) is 5.52. The molecule has 4 aliphatic heterocycles. The maximum absolute atomic E-state index is 13.2. The van der Waals surface area contributed by atoms with Gasteiger partial charge in [-0.25, -0.2) is 0 Å². The van der Waals surface area contributed by atoms with Crippen LogP contribution in [0.2, 0.25) is 0 Å². The van der Waals surface area contributed by atoms with Crippen molar-refractivity contribution in [3.8, 4) is 5.75 Å². The molecule has 27 heavy (non-hydrogen) atoms. The van der Waals surface area contributed by atoms with Gasteiger partial charge in [-0.3, -0.25) is 9.69 Å². The number of fused-ring (bicyclic) bond motifs is 2. The van der Waals surface area contributed by atoms with Gasteiger partial charge in [0.05, 0.1) is 19.6 Å². The molecule has 0 aliphatic carbocycles. The summed E-state index contributed by atoms with van der Waals surface area (Å²) < 4.78 is 5.33. The van der Waals surface area contributed by atoms with Crippen molar-refractivity contribution >= 4 is 17.2 Å². The van der Waals surface area contributed by atoms with E-state index in [9.17, 15) is 4.79 Å². The number of carbonyl (C=O) groups is 1.